The molecule has 0 bridgehead atoms. The van der Waals surface area contributed by atoms with Crippen LogP contribution in [0.3, 0.4) is 0 Å². The van der Waals surface area contributed by atoms with Gasteiger partial charge in [-0.05, 0) is 102 Å². The van der Waals surface area contributed by atoms with Crippen LogP contribution in [-0.4, -0.2) is 16.9 Å². The van der Waals surface area contributed by atoms with Crippen LogP contribution in [0, 0.1) is 0 Å². The van der Waals surface area contributed by atoms with E-state index in [0.717, 1.165) is 27.3 Å². The molecule has 3 unspecified atom stereocenters. The molecule has 2 heterocycles. The van der Waals surface area contributed by atoms with Gasteiger partial charge in [-0.2, -0.15) is 0 Å². The molecule has 0 amide bonds. The van der Waals surface area contributed by atoms with E-state index in [4.69, 9.17) is 0 Å². The number of halogens is 2. The highest BCUT2D eigenvalue weighted by Crippen LogP contribution is 2.52. The SMILES string of the molecule is O=Cc1ccc(N2c3ccc(Br)cc3C3CC(c4ccc5c(c4)c4cc(Br)ccc4n5-c4ccccc4)C=CC32)cc1. The number of benzene rings is 5. The molecule has 3 atom stereocenters. The summed E-state index contributed by atoms with van der Waals surface area (Å²) in [4.78, 5) is 13.7. The fourth-order valence-corrected chi connectivity index (χ4v) is 7.76. The van der Waals surface area contributed by atoms with Crippen molar-refractivity contribution in [3.05, 3.63) is 147 Å². The molecule has 42 heavy (non-hydrogen) atoms. The molecule has 0 fully saturated rings. The predicted molar refractivity (Wildman–Crippen MR) is 180 cm³/mol. The van der Waals surface area contributed by atoms with E-state index < -0.39 is 0 Å². The van der Waals surface area contributed by atoms with E-state index in [1.165, 1.54) is 44.3 Å². The molecule has 3 nitrogen and oxygen atoms in total. The van der Waals surface area contributed by atoms with Crippen molar-refractivity contribution >= 4 is 71.3 Å². The molecule has 5 heteroatoms. The van der Waals surface area contributed by atoms with Gasteiger partial charge in [-0.3, -0.25) is 4.79 Å². The number of carbonyl (C=O) groups is 1. The molecule has 5 aromatic carbocycles. The van der Waals surface area contributed by atoms with Gasteiger partial charge in [0.25, 0.3) is 0 Å². The van der Waals surface area contributed by atoms with E-state index in [-0.39, 0.29) is 6.04 Å². The second kappa shape index (κ2) is 10.1. The summed E-state index contributed by atoms with van der Waals surface area (Å²) in [6.07, 6.45) is 6.73. The topological polar surface area (TPSA) is 25.2 Å². The quantitative estimate of drug-likeness (QED) is 0.137. The Hall–Kier alpha value is -3.93. The first-order valence-corrected chi connectivity index (χ1v) is 15.8. The van der Waals surface area contributed by atoms with Crippen LogP contribution >= 0.6 is 31.9 Å². The van der Waals surface area contributed by atoms with Gasteiger partial charge in [-0.25, -0.2) is 0 Å². The van der Waals surface area contributed by atoms with Gasteiger partial charge in [0.2, 0.25) is 0 Å². The van der Waals surface area contributed by atoms with Crippen LogP contribution in [-0.2, 0) is 0 Å². The Morgan fingerprint density at radius 1 is 0.690 bits per heavy atom. The third-order valence-corrected chi connectivity index (χ3v) is 9.90. The maximum Gasteiger partial charge on any atom is 0.150 e. The first-order valence-electron chi connectivity index (χ1n) is 14.2. The number of para-hydroxylation sites is 1. The zero-order valence-electron chi connectivity index (χ0n) is 22.6. The summed E-state index contributed by atoms with van der Waals surface area (Å²) < 4.78 is 4.55. The number of aromatic nitrogens is 1. The fraction of sp³-hybridized carbons (Fsp3) is 0.108. The number of hydrogen-bond donors (Lipinski definition) is 0. The molecule has 0 spiro atoms. The Bertz CT molecular complexity index is 2030. The number of fused-ring (bicyclic) bond motifs is 6. The lowest BCUT2D eigenvalue weighted by atomic mass is 9.78. The monoisotopic (exact) mass is 672 g/mol. The second-order valence-corrected chi connectivity index (χ2v) is 13.0. The summed E-state index contributed by atoms with van der Waals surface area (Å²) in [5.74, 6) is 0.663. The number of carbonyl (C=O) groups excluding carboxylic acids is 1. The first kappa shape index (κ1) is 25.8. The van der Waals surface area contributed by atoms with Crippen molar-refractivity contribution in [2.75, 3.05) is 4.90 Å². The van der Waals surface area contributed by atoms with E-state index in [2.05, 4.69) is 151 Å². The number of hydrogen-bond acceptors (Lipinski definition) is 2. The lowest BCUT2D eigenvalue weighted by Crippen LogP contribution is -2.31. The molecule has 8 rings (SSSR count). The van der Waals surface area contributed by atoms with Crippen LogP contribution in [0.25, 0.3) is 27.5 Å². The molecular weight excluding hydrogens is 648 g/mol. The van der Waals surface area contributed by atoms with Crippen molar-refractivity contribution in [3.8, 4) is 5.69 Å². The molecule has 0 saturated carbocycles. The molecule has 2 aliphatic rings. The van der Waals surface area contributed by atoms with Crippen LogP contribution < -0.4 is 4.90 Å². The van der Waals surface area contributed by atoms with Crippen molar-refractivity contribution in [2.45, 2.75) is 24.3 Å². The number of rotatable bonds is 4. The molecule has 1 aliphatic carbocycles. The van der Waals surface area contributed by atoms with E-state index in [1.807, 2.05) is 12.1 Å². The minimum absolute atomic E-state index is 0.229. The van der Waals surface area contributed by atoms with Gasteiger partial charge in [0.1, 0.15) is 6.29 Å². The minimum Gasteiger partial charge on any atom is -0.334 e. The molecule has 0 saturated heterocycles. The van der Waals surface area contributed by atoms with Crippen LogP contribution in [0.5, 0.6) is 0 Å². The average molecular weight is 674 g/mol. The lowest BCUT2D eigenvalue weighted by Gasteiger charge is -2.33. The molecule has 6 aromatic rings. The zero-order chi connectivity index (χ0) is 28.4. The van der Waals surface area contributed by atoms with Gasteiger partial charge in [-0.15, -0.1) is 0 Å². The van der Waals surface area contributed by atoms with Gasteiger partial charge in [0.15, 0.2) is 0 Å². The van der Waals surface area contributed by atoms with Crippen LogP contribution in [0.15, 0.2) is 130 Å². The van der Waals surface area contributed by atoms with Gasteiger partial charge in [0, 0.05) is 54.2 Å². The number of nitrogens with zero attached hydrogens (tertiary/aromatic N) is 2. The van der Waals surface area contributed by atoms with Crippen molar-refractivity contribution in [2.24, 2.45) is 0 Å². The molecule has 0 N–H and O–H groups in total. The third kappa shape index (κ3) is 4.10. The Morgan fingerprint density at radius 2 is 1.40 bits per heavy atom. The van der Waals surface area contributed by atoms with Gasteiger partial charge < -0.3 is 9.47 Å². The van der Waals surface area contributed by atoms with Crippen molar-refractivity contribution in [1.29, 1.82) is 0 Å². The Morgan fingerprint density at radius 3 is 2.19 bits per heavy atom. The fourth-order valence-electron chi connectivity index (χ4n) is 7.02. The summed E-state index contributed by atoms with van der Waals surface area (Å²) in [5, 5.41) is 2.53. The van der Waals surface area contributed by atoms with Gasteiger partial charge >= 0.3 is 0 Å². The summed E-state index contributed by atoms with van der Waals surface area (Å²) in [6.45, 7) is 0. The van der Waals surface area contributed by atoms with Crippen molar-refractivity contribution in [3.63, 3.8) is 0 Å². The molecule has 0 radical (unpaired) electrons. The van der Waals surface area contributed by atoms with E-state index in [9.17, 15) is 4.79 Å². The Kier molecular flexibility index (Phi) is 6.20. The first-order chi connectivity index (χ1) is 20.6. The van der Waals surface area contributed by atoms with E-state index in [0.29, 0.717) is 17.4 Å². The molecule has 1 aromatic heterocycles. The zero-order valence-corrected chi connectivity index (χ0v) is 25.8. The third-order valence-electron chi connectivity index (χ3n) is 8.91. The second-order valence-electron chi connectivity index (χ2n) is 11.2. The minimum atomic E-state index is 0.229. The Labute approximate surface area is 261 Å². The highest BCUT2D eigenvalue weighted by molar-refractivity contribution is 9.10. The van der Waals surface area contributed by atoms with Crippen LogP contribution in [0.2, 0.25) is 0 Å². The van der Waals surface area contributed by atoms with E-state index >= 15 is 0 Å². The summed E-state index contributed by atoms with van der Waals surface area (Å²) in [5.41, 5.74) is 9.35. The largest absolute Gasteiger partial charge is 0.334 e. The standard InChI is InChI=1S/C37H26Br2N2O/c38-26-10-16-36-32(20-26)30-18-24(8-14-34(30)40(36)28-4-2-1-3-5-28)25-9-15-35-31(19-25)33-21-27(39)11-17-37(33)41(35)29-12-6-23(22-42)7-13-29/h1-18,20-22,25,31,35H,19H2. The van der Waals surface area contributed by atoms with E-state index in [1.54, 1.807) is 0 Å². The molecule has 204 valence electrons. The number of anilines is 2. The predicted octanol–water partition coefficient (Wildman–Crippen LogP) is 10.5. The maximum atomic E-state index is 11.3. The summed E-state index contributed by atoms with van der Waals surface area (Å²) in [7, 11) is 0. The smallest absolute Gasteiger partial charge is 0.150 e. The molecular formula is C37H26Br2N2O. The normalized spacial score (nSPS) is 19.3. The van der Waals surface area contributed by atoms with Crippen molar-refractivity contribution < 1.29 is 4.79 Å². The summed E-state index contributed by atoms with van der Waals surface area (Å²) >= 11 is 7.45. The number of allylic oxidation sites excluding steroid dienone is 1. The van der Waals surface area contributed by atoms with Gasteiger partial charge in [0.05, 0.1) is 17.1 Å². The number of aldehydes is 1. The Balaban J connectivity index is 1.23. The average Bonchev–Trinajstić information content (AvgIpc) is 3.52. The van der Waals surface area contributed by atoms with Gasteiger partial charge in [-0.1, -0.05) is 68.3 Å². The highest BCUT2D eigenvalue weighted by atomic mass is 79.9. The lowest BCUT2D eigenvalue weighted by molar-refractivity contribution is 0.112. The van der Waals surface area contributed by atoms with Crippen LogP contribution in [0.4, 0.5) is 11.4 Å². The highest BCUT2D eigenvalue weighted by Gasteiger charge is 2.41. The maximum absolute atomic E-state index is 11.3. The van der Waals surface area contributed by atoms with Crippen LogP contribution in [0.1, 0.15) is 39.7 Å². The summed E-state index contributed by atoms with van der Waals surface area (Å²) in [6, 6.07) is 39.0. The van der Waals surface area contributed by atoms with Crippen molar-refractivity contribution in [1.82, 2.24) is 4.57 Å². The molecule has 1 aliphatic heterocycles.